The van der Waals surface area contributed by atoms with Crippen molar-refractivity contribution in [3.05, 3.63) is 78.6 Å². The molecule has 0 saturated heterocycles. The van der Waals surface area contributed by atoms with E-state index >= 15 is 0 Å². The van der Waals surface area contributed by atoms with Crippen LogP contribution in [-0.2, 0) is 14.8 Å². The second-order valence-corrected chi connectivity index (χ2v) is 8.50. The lowest BCUT2D eigenvalue weighted by Crippen LogP contribution is -2.32. The number of benzene rings is 3. The van der Waals surface area contributed by atoms with E-state index in [1.807, 2.05) is 0 Å². The quantitative estimate of drug-likeness (QED) is 0.495. The van der Waals surface area contributed by atoms with Gasteiger partial charge in [-0.2, -0.15) is 0 Å². The summed E-state index contributed by atoms with van der Waals surface area (Å²) in [7, 11) is -2.28. The third-order valence-electron chi connectivity index (χ3n) is 4.53. The first-order chi connectivity index (χ1) is 15.3. The molecule has 9 heteroatoms. The molecule has 0 aliphatic rings. The number of amides is 1. The third-order valence-corrected chi connectivity index (χ3v) is 5.93. The molecule has 0 radical (unpaired) electrons. The molecule has 0 bridgehead atoms. The van der Waals surface area contributed by atoms with Gasteiger partial charge in [0, 0.05) is 11.4 Å². The molecular formula is C23H23FN2O5S. The van der Waals surface area contributed by atoms with Gasteiger partial charge >= 0.3 is 0 Å². The lowest BCUT2D eigenvalue weighted by Gasteiger charge is -2.17. The molecule has 168 valence electrons. The Hall–Kier alpha value is -3.59. The molecule has 3 rings (SSSR count). The standard InChI is InChI=1S/C23H23FN2O5S/c1-3-22(31-20-10-4-16(24)5-11-20)23(27)25-17-8-14-21(15-9-17)32(28,29)26-18-6-12-19(30-2)13-7-18/h4-15,22,26H,3H2,1-2H3,(H,25,27)/t22-/m0/s1. The first-order valence-electron chi connectivity index (χ1n) is 9.81. The summed E-state index contributed by atoms with van der Waals surface area (Å²) < 4.78 is 51.4. The van der Waals surface area contributed by atoms with Gasteiger partial charge in [-0.1, -0.05) is 6.92 Å². The minimum Gasteiger partial charge on any atom is -0.497 e. The summed E-state index contributed by atoms with van der Waals surface area (Å²) in [5.41, 5.74) is 0.812. The van der Waals surface area contributed by atoms with Crippen molar-refractivity contribution in [2.24, 2.45) is 0 Å². The van der Waals surface area contributed by atoms with E-state index in [0.717, 1.165) is 0 Å². The molecule has 32 heavy (non-hydrogen) atoms. The molecule has 1 atom stereocenters. The zero-order valence-corrected chi connectivity index (χ0v) is 18.4. The Balaban J connectivity index is 1.64. The Bertz CT molecular complexity index is 1150. The maximum Gasteiger partial charge on any atom is 0.265 e. The van der Waals surface area contributed by atoms with Gasteiger partial charge in [-0.3, -0.25) is 9.52 Å². The topological polar surface area (TPSA) is 93.7 Å². The van der Waals surface area contributed by atoms with Crippen molar-refractivity contribution in [3.63, 3.8) is 0 Å². The van der Waals surface area contributed by atoms with Crippen LogP contribution in [0, 0.1) is 5.82 Å². The van der Waals surface area contributed by atoms with E-state index in [0.29, 0.717) is 29.3 Å². The Morgan fingerprint density at radius 2 is 1.47 bits per heavy atom. The van der Waals surface area contributed by atoms with Crippen LogP contribution in [0.3, 0.4) is 0 Å². The molecular weight excluding hydrogens is 435 g/mol. The molecule has 3 aromatic rings. The van der Waals surface area contributed by atoms with Crippen molar-refractivity contribution in [2.45, 2.75) is 24.3 Å². The minimum atomic E-state index is -3.80. The Kier molecular flexibility index (Phi) is 7.32. The van der Waals surface area contributed by atoms with Crippen molar-refractivity contribution in [3.8, 4) is 11.5 Å². The molecule has 0 unspecified atom stereocenters. The second kappa shape index (κ2) is 10.1. The van der Waals surface area contributed by atoms with Crippen LogP contribution in [-0.4, -0.2) is 27.5 Å². The number of anilines is 2. The molecule has 0 aromatic heterocycles. The predicted molar refractivity (Wildman–Crippen MR) is 120 cm³/mol. The predicted octanol–water partition coefficient (Wildman–Crippen LogP) is 4.43. The van der Waals surface area contributed by atoms with Crippen molar-refractivity contribution in [2.75, 3.05) is 17.1 Å². The third kappa shape index (κ3) is 5.98. The van der Waals surface area contributed by atoms with Crippen LogP contribution in [0.15, 0.2) is 77.7 Å². The van der Waals surface area contributed by atoms with Crippen LogP contribution in [0.4, 0.5) is 15.8 Å². The molecule has 1 amide bonds. The average Bonchev–Trinajstić information content (AvgIpc) is 2.79. The van der Waals surface area contributed by atoms with Crippen LogP contribution >= 0.6 is 0 Å². The van der Waals surface area contributed by atoms with E-state index < -0.39 is 27.9 Å². The molecule has 0 fully saturated rings. The summed E-state index contributed by atoms with van der Waals surface area (Å²) in [6.45, 7) is 1.79. The van der Waals surface area contributed by atoms with E-state index in [1.165, 1.54) is 55.6 Å². The minimum absolute atomic E-state index is 0.0425. The van der Waals surface area contributed by atoms with Gasteiger partial charge in [-0.05, 0) is 79.2 Å². The van der Waals surface area contributed by atoms with Crippen LogP contribution in [0.2, 0.25) is 0 Å². The number of carbonyl (C=O) groups excluding carboxylic acids is 1. The molecule has 0 spiro atoms. The second-order valence-electron chi connectivity index (χ2n) is 6.82. The zero-order chi connectivity index (χ0) is 23.1. The van der Waals surface area contributed by atoms with Gasteiger partial charge in [0.15, 0.2) is 6.10 Å². The van der Waals surface area contributed by atoms with Gasteiger partial charge in [0.2, 0.25) is 0 Å². The first-order valence-corrected chi connectivity index (χ1v) is 11.3. The van der Waals surface area contributed by atoms with E-state index in [1.54, 1.807) is 31.2 Å². The number of carbonyl (C=O) groups is 1. The van der Waals surface area contributed by atoms with Crippen LogP contribution < -0.4 is 19.5 Å². The van der Waals surface area contributed by atoms with Gasteiger partial charge in [-0.15, -0.1) is 0 Å². The molecule has 0 saturated carbocycles. The monoisotopic (exact) mass is 458 g/mol. The highest BCUT2D eigenvalue weighted by molar-refractivity contribution is 7.92. The Morgan fingerprint density at radius 1 is 0.906 bits per heavy atom. The van der Waals surface area contributed by atoms with Crippen molar-refractivity contribution in [1.82, 2.24) is 0 Å². The highest BCUT2D eigenvalue weighted by Crippen LogP contribution is 2.21. The normalized spacial score (nSPS) is 12.0. The van der Waals surface area contributed by atoms with E-state index in [4.69, 9.17) is 9.47 Å². The summed E-state index contributed by atoms with van der Waals surface area (Å²) in [5, 5.41) is 2.70. The summed E-state index contributed by atoms with van der Waals surface area (Å²) in [6.07, 6.45) is -0.401. The van der Waals surface area contributed by atoms with Gasteiger partial charge < -0.3 is 14.8 Å². The molecule has 2 N–H and O–H groups in total. The summed E-state index contributed by atoms with van der Waals surface area (Å²) in [5.74, 6) is 0.191. The zero-order valence-electron chi connectivity index (χ0n) is 17.5. The molecule has 3 aromatic carbocycles. The number of hydrogen-bond donors (Lipinski definition) is 2. The molecule has 0 aliphatic carbocycles. The maximum atomic E-state index is 13.0. The van der Waals surface area contributed by atoms with Crippen molar-refractivity contribution < 1.29 is 27.1 Å². The number of hydrogen-bond acceptors (Lipinski definition) is 5. The summed E-state index contributed by atoms with van der Waals surface area (Å²) >= 11 is 0. The Labute approximate surface area is 186 Å². The van der Waals surface area contributed by atoms with Crippen molar-refractivity contribution in [1.29, 1.82) is 0 Å². The van der Waals surface area contributed by atoms with E-state index in [9.17, 15) is 17.6 Å². The van der Waals surface area contributed by atoms with Gasteiger partial charge in [0.25, 0.3) is 15.9 Å². The number of methoxy groups -OCH3 is 1. The number of ether oxygens (including phenoxy) is 2. The maximum absolute atomic E-state index is 13.0. The van der Waals surface area contributed by atoms with E-state index in [2.05, 4.69) is 10.0 Å². The smallest absolute Gasteiger partial charge is 0.265 e. The fourth-order valence-corrected chi connectivity index (χ4v) is 3.87. The van der Waals surface area contributed by atoms with Gasteiger partial charge in [-0.25, -0.2) is 12.8 Å². The SMILES string of the molecule is CC[C@H](Oc1ccc(F)cc1)C(=O)Nc1ccc(S(=O)(=O)Nc2ccc(OC)cc2)cc1. The number of nitrogens with one attached hydrogen (secondary N) is 2. The van der Waals surface area contributed by atoms with Gasteiger partial charge in [0.05, 0.1) is 12.0 Å². The molecule has 0 heterocycles. The van der Waals surface area contributed by atoms with E-state index in [-0.39, 0.29) is 4.90 Å². The largest absolute Gasteiger partial charge is 0.497 e. The highest BCUT2D eigenvalue weighted by Gasteiger charge is 2.19. The average molecular weight is 459 g/mol. The summed E-state index contributed by atoms with van der Waals surface area (Å²) in [6, 6.07) is 17.6. The summed E-state index contributed by atoms with van der Waals surface area (Å²) in [4.78, 5) is 12.6. The first kappa shape index (κ1) is 23.1. The highest BCUT2D eigenvalue weighted by atomic mass is 32.2. The Morgan fingerprint density at radius 3 is 2.03 bits per heavy atom. The number of sulfonamides is 1. The number of rotatable bonds is 9. The molecule has 0 aliphatic heterocycles. The number of halogens is 1. The fourth-order valence-electron chi connectivity index (χ4n) is 2.81. The van der Waals surface area contributed by atoms with Crippen LogP contribution in [0.25, 0.3) is 0 Å². The van der Waals surface area contributed by atoms with Gasteiger partial charge in [0.1, 0.15) is 17.3 Å². The van der Waals surface area contributed by atoms with Crippen LogP contribution in [0.1, 0.15) is 13.3 Å². The van der Waals surface area contributed by atoms with Crippen molar-refractivity contribution >= 4 is 27.3 Å². The lowest BCUT2D eigenvalue weighted by atomic mass is 10.2. The molecule has 7 nitrogen and oxygen atoms in total. The van der Waals surface area contributed by atoms with Crippen LogP contribution in [0.5, 0.6) is 11.5 Å². The fraction of sp³-hybridized carbons (Fsp3) is 0.174. The lowest BCUT2D eigenvalue weighted by molar-refractivity contribution is -0.122.